The van der Waals surface area contributed by atoms with Crippen LogP contribution in [0, 0.1) is 11.8 Å². The van der Waals surface area contributed by atoms with Crippen molar-refractivity contribution in [1.29, 1.82) is 0 Å². The van der Waals surface area contributed by atoms with Crippen LogP contribution in [-0.2, 0) is 4.74 Å². The van der Waals surface area contributed by atoms with Crippen LogP contribution in [0.3, 0.4) is 0 Å². The normalized spacial score (nSPS) is 32.3. The van der Waals surface area contributed by atoms with Crippen molar-refractivity contribution in [2.24, 2.45) is 17.6 Å². The Morgan fingerprint density at radius 2 is 2.15 bits per heavy atom. The van der Waals surface area contributed by atoms with Gasteiger partial charge in [0.25, 0.3) is 0 Å². The summed E-state index contributed by atoms with van der Waals surface area (Å²) in [5.41, 5.74) is 5.58. The maximum atomic E-state index is 9.91. The number of methoxy groups -OCH3 is 1. The molecule has 0 heterocycles. The second-order valence-corrected chi connectivity index (χ2v) is 3.98. The molecule has 78 valence electrons. The van der Waals surface area contributed by atoms with Crippen molar-refractivity contribution in [2.45, 2.75) is 38.4 Å². The van der Waals surface area contributed by atoms with Crippen molar-refractivity contribution in [3.05, 3.63) is 0 Å². The lowest BCUT2D eigenvalue weighted by Crippen LogP contribution is -2.43. The summed E-state index contributed by atoms with van der Waals surface area (Å²) in [5, 5.41) is 9.91. The van der Waals surface area contributed by atoms with Crippen LogP contribution in [0.2, 0.25) is 0 Å². The van der Waals surface area contributed by atoms with Gasteiger partial charge < -0.3 is 15.6 Å². The van der Waals surface area contributed by atoms with Crippen molar-refractivity contribution < 1.29 is 9.84 Å². The van der Waals surface area contributed by atoms with E-state index in [0.717, 1.165) is 19.3 Å². The molecule has 0 bridgehead atoms. The Bertz CT molecular complexity index is 142. The van der Waals surface area contributed by atoms with E-state index in [1.807, 2.05) is 0 Å². The van der Waals surface area contributed by atoms with Crippen molar-refractivity contribution in [2.75, 3.05) is 13.7 Å². The molecular formula is C10H21NO2. The molecule has 1 aliphatic carbocycles. The van der Waals surface area contributed by atoms with Gasteiger partial charge in [0.15, 0.2) is 0 Å². The van der Waals surface area contributed by atoms with Gasteiger partial charge in [0.2, 0.25) is 0 Å². The number of ether oxygens (including phenoxy) is 1. The molecule has 3 nitrogen and oxygen atoms in total. The predicted octanol–water partition coefficient (Wildman–Crippen LogP) is 0.757. The number of hydrogen-bond donors (Lipinski definition) is 2. The molecule has 0 radical (unpaired) electrons. The first kappa shape index (κ1) is 11.0. The third kappa shape index (κ3) is 2.42. The fraction of sp³-hybridized carbons (Fsp3) is 1.00. The summed E-state index contributed by atoms with van der Waals surface area (Å²) in [4.78, 5) is 0. The number of aliphatic hydroxyl groups excluding tert-OH is 1. The van der Waals surface area contributed by atoms with Crippen LogP contribution in [0.4, 0.5) is 0 Å². The number of nitrogens with two attached hydrogens (primary N) is 1. The molecule has 0 aromatic rings. The van der Waals surface area contributed by atoms with E-state index in [4.69, 9.17) is 10.5 Å². The van der Waals surface area contributed by atoms with Gasteiger partial charge >= 0.3 is 0 Å². The van der Waals surface area contributed by atoms with Gasteiger partial charge in [-0.1, -0.05) is 6.92 Å². The van der Waals surface area contributed by atoms with Gasteiger partial charge in [-0.3, -0.25) is 0 Å². The molecule has 0 saturated heterocycles. The van der Waals surface area contributed by atoms with Crippen molar-refractivity contribution >= 4 is 0 Å². The zero-order valence-electron chi connectivity index (χ0n) is 8.57. The minimum absolute atomic E-state index is 0.221. The summed E-state index contributed by atoms with van der Waals surface area (Å²) in [6, 6.07) is 0. The van der Waals surface area contributed by atoms with E-state index in [9.17, 15) is 5.11 Å². The third-order valence-electron chi connectivity index (χ3n) is 3.26. The monoisotopic (exact) mass is 187 g/mol. The first-order valence-electron chi connectivity index (χ1n) is 5.13. The summed E-state index contributed by atoms with van der Waals surface area (Å²) in [7, 11) is 1.73. The van der Waals surface area contributed by atoms with Gasteiger partial charge in [0.05, 0.1) is 12.2 Å². The topological polar surface area (TPSA) is 55.5 Å². The van der Waals surface area contributed by atoms with Crippen LogP contribution in [0.25, 0.3) is 0 Å². The highest BCUT2D eigenvalue weighted by molar-refractivity contribution is 4.88. The quantitative estimate of drug-likeness (QED) is 0.668. The summed E-state index contributed by atoms with van der Waals surface area (Å²) < 4.78 is 5.17. The summed E-state index contributed by atoms with van der Waals surface area (Å²) >= 11 is 0. The maximum absolute atomic E-state index is 9.91. The summed E-state index contributed by atoms with van der Waals surface area (Å²) in [6.45, 7) is 2.67. The van der Waals surface area contributed by atoms with Crippen LogP contribution in [0.15, 0.2) is 0 Å². The highest BCUT2D eigenvalue weighted by Gasteiger charge is 2.36. The zero-order chi connectivity index (χ0) is 9.84. The first-order valence-corrected chi connectivity index (χ1v) is 5.13. The van der Waals surface area contributed by atoms with E-state index in [2.05, 4.69) is 6.92 Å². The van der Waals surface area contributed by atoms with E-state index in [1.165, 1.54) is 0 Å². The number of aliphatic hydroxyl groups is 1. The standard InChI is InChI=1S/C10H21NO2/c1-3-7(6-11)10(12)8-4-9(5-8)13-2/h7-10,12H,3-6,11H2,1-2H3. The van der Waals surface area contributed by atoms with Crippen LogP contribution in [0.5, 0.6) is 0 Å². The Labute approximate surface area is 80.3 Å². The molecule has 1 fully saturated rings. The van der Waals surface area contributed by atoms with Gasteiger partial charge in [0, 0.05) is 7.11 Å². The fourth-order valence-corrected chi connectivity index (χ4v) is 2.01. The molecule has 3 N–H and O–H groups in total. The Balaban J connectivity index is 2.28. The SMILES string of the molecule is CCC(CN)C(O)C1CC(OC)C1. The molecule has 1 aliphatic rings. The Hall–Kier alpha value is -0.120. The molecular weight excluding hydrogens is 166 g/mol. The smallest absolute Gasteiger partial charge is 0.0610 e. The number of rotatable bonds is 5. The largest absolute Gasteiger partial charge is 0.392 e. The molecule has 0 aromatic carbocycles. The lowest BCUT2D eigenvalue weighted by atomic mass is 9.74. The Morgan fingerprint density at radius 1 is 1.54 bits per heavy atom. The van der Waals surface area contributed by atoms with Crippen molar-refractivity contribution in [3.63, 3.8) is 0 Å². The molecule has 0 aromatic heterocycles. The zero-order valence-corrected chi connectivity index (χ0v) is 8.57. The van der Waals surface area contributed by atoms with Crippen LogP contribution in [0.1, 0.15) is 26.2 Å². The maximum Gasteiger partial charge on any atom is 0.0610 e. The first-order chi connectivity index (χ1) is 6.22. The van der Waals surface area contributed by atoms with E-state index in [0.29, 0.717) is 18.6 Å². The van der Waals surface area contributed by atoms with Gasteiger partial charge in [0.1, 0.15) is 0 Å². The van der Waals surface area contributed by atoms with E-state index < -0.39 is 0 Å². The van der Waals surface area contributed by atoms with Crippen molar-refractivity contribution in [3.8, 4) is 0 Å². The van der Waals surface area contributed by atoms with Gasteiger partial charge in [-0.2, -0.15) is 0 Å². The molecule has 0 spiro atoms. The molecule has 1 rings (SSSR count). The average molecular weight is 187 g/mol. The summed E-state index contributed by atoms with van der Waals surface area (Å²) in [5.74, 6) is 0.682. The minimum Gasteiger partial charge on any atom is -0.392 e. The second kappa shape index (κ2) is 4.94. The molecule has 2 unspecified atom stereocenters. The summed E-state index contributed by atoms with van der Waals surface area (Å²) in [6.07, 6.45) is 3.10. The molecule has 1 saturated carbocycles. The predicted molar refractivity (Wildman–Crippen MR) is 52.4 cm³/mol. The lowest BCUT2D eigenvalue weighted by Gasteiger charge is -2.39. The van der Waals surface area contributed by atoms with Crippen LogP contribution in [-0.4, -0.2) is 31.0 Å². The molecule has 0 aliphatic heterocycles. The van der Waals surface area contributed by atoms with Crippen LogP contribution < -0.4 is 5.73 Å². The minimum atomic E-state index is -0.221. The van der Waals surface area contributed by atoms with Gasteiger partial charge in [-0.25, -0.2) is 0 Å². The van der Waals surface area contributed by atoms with Crippen molar-refractivity contribution in [1.82, 2.24) is 0 Å². The number of hydrogen-bond acceptors (Lipinski definition) is 3. The fourth-order valence-electron chi connectivity index (χ4n) is 2.01. The third-order valence-corrected chi connectivity index (χ3v) is 3.26. The second-order valence-electron chi connectivity index (χ2n) is 3.98. The lowest BCUT2D eigenvalue weighted by molar-refractivity contribution is -0.0677. The highest BCUT2D eigenvalue weighted by atomic mass is 16.5. The van der Waals surface area contributed by atoms with E-state index >= 15 is 0 Å². The van der Waals surface area contributed by atoms with Gasteiger partial charge in [-0.05, 0) is 37.6 Å². The molecule has 3 heteroatoms. The van der Waals surface area contributed by atoms with Crippen LogP contribution >= 0.6 is 0 Å². The molecule has 13 heavy (non-hydrogen) atoms. The Morgan fingerprint density at radius 3 is 2.54 bits per heavy atom. The van der Waals surface area contributed by atoms with E-state index in [1.54, 1.807) is 7.11 Å². The molecule has 2 atom stereocenters. The average Bonchev–Trinajstić information content (AvgIpc) is 2.04. The van der Waals surface area contributed by atoms with Gasteiger partial charge in [-0.15, -0.1) is 0 Å². The van der Waals surface area contributed by atoms with E-state index in [-0.39, 0.29) is 12.0 Å². The molecule has 0 amide bonds. The highest BCUT2D eigenvalue weighted by Crippen LogP contribution is 2.35. The Kier molecular flexibility index (Phi) is 4.16.